The molecule has 0 spiro atoms. The van der Waals surface area contributed by atoms with E-state index in [0.717, 1.165) is 17.1 Å². The predicted molar refractivity (Wildman–Crippen MR) is 67.5 cm³/mol. The minimum atomic E-state index is -4.63. The lowest BCUT2D eigenvalue weighted by atomic mass is 10.2. The summed E-state index contributed by atoms with van der Waals surface area (Å²) in [5, 5.41) is 0. The lowest BCUT2D eigenvalue weighted by molar-refractivity contribution is -0.274. The fourth-order valence-corrected chi connectivity index (χ4v) is 2.32. The van der Waals surface area contributed by atoms with Gasteiger partial charge in [-0.1, -0.05) is 19.1 Å². The molecule has 1 unspecified atom stereocenters. The first-order valence-electron chi connectivity index (χ1n) is 5.53. The molecule has 1 rings (SSSR count). The van der Waals surface area contributed by atoms with Gasteiger partial charge in [-0.3, -0.25) is 0 Å². The van der Waals surface area contributed by atoms with E-state index in [1.165, 1.54) is 12.1 Å². The quantitative estimate of drug-likeness (QED) is 0.866. The molecule has 0 bridgehead atoms. The van der Waals surface area contributed by atoms with Gasteiger partial charge in [0.1, 0.15) is 5.75 Å². The molecular formula is C12H16F3NOS. The molecule has 2 nitrogen and oxygen atoms in total. The van der Waals surface area contributed by atoms with Gasteiger partial charge >= 0.3 is 6.36 Å². The van der Waals surface area contributed by atoms with Crippen molar-refractivity contribution in [3.63, 3.8) is 0 Å². The van der Waals surface area contributed by atoms with Crippen LogP contribution in [0.5, 0.6) is 5.75 Å². The highest BCUT2D eigenvalue weighted by atomic mass is 32.2. The molecule has 1 atom stereocenters. The molecule has 102 valence electrons. The number of nitrogens with two attached hydrogens (primary N) is 1. The first-order chi connectivity index (χ1) is 8.40. The largest absolute Gasteiger partial charge is 0.573 e. The summed E-state index contributed by atoms with van der Waals surface area (Å²) in [6.45, 7) is 2.71. The van der Waals surface area contributed by atoms with Crippen LogP contribution in [0.2, 0.25) is 0 Å². The molecule has 18 heavy (non-hydrogen) atoms. The molecule has 0 saturated heterocycles. The van der Waals surface area contributed by atoms with Gasteiger partial charge in [0.05, 0.1) is 0 Å². The fraction of sp³-hybridized carbons (Fsp3) is 0.500. The van der Waals surface area contributed by atoms with Crippen LogP contribution >= 0.6 is 11.8 Å². The van der Waals surface area contributed by atoms with Crippen molar-refractivity contribution in [1.29, 1.82) is 0 Å². The molecule has 0 fully saturated rings. The van der Waals surface area contributed by atoms with Gasteiger partial charge in [-0.05, 0) is 35.9 Å². The van der Waals surface area contributed by atoms with Crippen molar-refractivity contribution in [3.05, 3.63) is 29.8 Å². The van der Waals surface area contributed by atoms with Gasteiger partial charge in [-0.2, -0.15) is 11.8 Å². The summed E-state index contributed by atoms with van der Waals surface area (Å²) in [7, 11) is 0. The summed E-state index contributed by atoms with van der Waals surface area (Å²) in [5.74, 6) is 1.96. The Bertz CT molecular complexity index is 353. The predicted octanol–water partition coefficient (Wildman–Crippen LogP) is 3.41. The molecule has 0 amide bonds. The molecule has 0 aliphatic rings. The van der Waals surface area contributed by atoms with E-state index in [9.17, 15) is 13.2 Å². The lowest BCUT2D eigenvalue weighted by Gasteiger charge is -2.10. The molecule has 0 heterocycles. The van der Waals surface area contributed by atoms with E-state index in [-0.39, 0.29) is 5.75 Å². The Kier molecular flexibility index (Phi) is 5.81. The number of halogens is 3. The van der Waals surface area contributed by atoms with Crippen molar-refractivity contribution < 1.29 is 17.9 Å². The van der Waals surface area contributed by atoms with Crippen LogP contribution in [-0.2, 0) is 5.75 Å². The van der Waals surface area contributed by atoms with Crippen molar-refractivity contribution in [1.82, 2.24) is 0 Å². The van der Waals surface area contributed by atoms with Gasteiger partial charge in [0.15, 0.2) is 0 Å². The van der Waals surface area contributed by atoms with E-state index in [4.69, 9.17) is 5.73 Å². The van der Waals surface area contributed by atoms with E-state index in [1.807, 2.05) is 0 Å². The standard InChI is InChI=1S/C12H16F3NOS/c1-9(6-16)7-18-8-10-2-4-11(5-3-10)17-12(13,14)15/h2-5,9H,6-8,16H2,1H3. The van der Waals surface area contributed by atoms with Crippen LogP contribution in [0.25, 0.3) is 0 Å². The first kappa shape index (κ1) is 15.2. The van der Waals surface area contributed by atoms with Crippen LogP contribution in [-0.4, -0.2) is 18.7 Å². The van der Waals surface area contributed by atoms with Crippen molar-refractivity contribution in [2.45, 2.75) is 19.0 Å². The zero-order valence-electron chi connectivity index (χ0n) is 10.0. The van der Waals surface area contributed by atoms with Crippen LogP contribution in [0, 0.1) is 5.92 Å². The number of alkyl halides is 3. The SMILES string of the molecule is CC(CN)CSCc1ccc(OC(F)(F)F)cc1. The monoisotopic (exact) mass is 279 g/mol. The van der Waals surface area contributed by atoms with E-state index < -0.39 is 6.36 Å². The normalized spacial score (nSPS) is 13.4. The van der Waals surface area contributed by atoms with Crippen LogP contribution in [0.1, 0.15) is 12.5 Å². The maximum absolute atomic E-state index is 11.9. The molecule has 0 aliphatic carbocycles. The summed E-state index contributed by atoms with van der Waals surface area (Å²) in [5.41, 5.74) is 6.46. The zero-order chi connectivity index (χ0) is 13.6. The Hall–Kier alpha value is -0.880. The molecule has 1 aromatic carbocycles. The third-order valence-corrected chi connectivity index (χ3v) is 3.57. The second-order valence-corrected chi connectivity index (χ2v) is 5.08. The molecule has 0 aliphatic heterocycles. The molecule has 0 saturated carbocycles. The van der Waals surface area contributed by atoms with Crippen LogP contribution < -0.4 is 10.5 Å². The van der Waals surface area contributed by atoms with Crippen molar-refractivity contribution in [3.8, 4) is 5.75 Å². The van der Waals surface area contributed by atoms with E-state index in [1.54, 1.807) is 23.9 Å². The molecule has 0 radical (unpaired) electrons. The first-order valence-corrected chi connectivity index (χ1v) is 6.68. The minimum Gasteiger partial charge on any atom is -0.406 e. The van der Waals surface area contributed by atoms with Gasteiger partial charge in [0.2, 0.25) is 0 Å². The summed E-state index contributed by atoms with van der Waals surface area (Å²) in [6.07, 6.45) is -4.63. The summed E-state index contributed by atoms with van der Waals surface area (Å²) in [4.78, 5) is 0. The number of benzene rings is 1. The Morgan fingerprint density at radius 3 is 2.39 bits per heavy atom. The van der Waals surface area contributed by atoms with Gasteiger partial charge in [-0.25, -0.2) is 0 Å². The van der Waals surface area contributed by atoms with Crippen molar-refractivity contribution >= 4 is 11.8 Å². The lowest BCUT2D eigenvalue weighted by Crippen LogP contribution is -2.17. The second-order valence-electron chi connectivity index (χ2n) is 4.05. The molecule has 1 aromatic rings. The Balaban J connectivity index is 2.41. The minimum absolute atomic E-state index is 0.188. The molecular weight excluding hydrogens is 263 g/mol. The van der Waals surface area contributed by atoms with E-state index >= 15 is 0 Å². The highest BCUT2D eigenvalue weighted by Crippen LogP contribution is 2.24. The second kappa shape index (κ2) is 6.89. The average Bonchev–Trinajstić information content (AvgIpc) is 2.29. The topological polar surface area (TPSA) is 35.2 Å². The third kappa shape index (κ3) is 6.16. The highest BCUT2D eigenvalue weighted by Gasteiger charge is 2.30. The summed E-state index contributed by atoms with van der Waals surface area (Å²) < 4.78 is 39.6. The van der Waals surface area contributed by atoms with Crippen molar-refractivity contribution in [2.75, 3.05) is 12.3 Å². The van der Waals surface area contributed by atoms with Crippen LogP contribution in [0.3, 0.4) is 0 Å². The Morgan fingerprint density at radius 2 is 1.89 bits per heavy atom. The molecule has 2 N–H and O–H groups in total. The Labute approximate surface area is 109 Å². The number of hydrogen-bond acceptors (Lipinski definition) is 3. The third-order valence-electron chi connectivity index (χ3n) is 2.23. The molecule has 6 heteroatoms. The van der Waals surface area contributed by atoms with E-state index in [2.05, 4.69) is 11.7 Å². The van der Waals surface area contributed by atoms with Gasteiger partial charge in [-0.15, -0.1) is 13.2 Å². The fourth-order valence-electron chi connectivity index (χ4n) is 1.23. The van der Waals surface area contributed by atoms with Gasteiger partial charge in [0.25, 0.3) is 0 Å². The van der Waals surface area contributed by atoms with Crippen LogP contribution in [0.15, 0.2) is 24.3 Å². The number of rotatable bonds is 6. The maximum atomic E-state index is 11.9. The maximum Gasteiger partial charge on any atom is 0.573 e. The van der Waals surface area contributed by atoms with Gasteiger partial charge in [0, 0.05) is 5.75 Å². The van der Waals surface area contributed by atoms with Gasteiger partial charge < -0.3 is 10.5 Å². The smallest absolute Gasteiger partial charge is 0.406 e. The highest BCUT2D eigenvalue weighted by molar-refractivity contribution is 7.98. The van der Waals surface area contributed by atoms with Crippen molar-refractivity contribution in [2.24, 2.45) is 11.7 Å². The molecule has 0 aromatic heterocycles. The number of thioether (sulfide) groups is 1. The zero-order valence-corrected chi connectivity index (χ0v) is 10.9. The number of hydrogen-bond donors (Lipinski definition) is 1. The Morgan fingerprint density at radius 1 is 1.28 bits per heavy atom. The van der Waals surface area contributed by atoms with E-state index in [0.29, 0.717) is 12.5 Å². The summed E-state index contributed by atoms with van der Waals surface area (Å²) in [6, 6.07) is 5.94. The summed E-state index contributed by atoms with van der Waals surface area (Å²) >= 11 is 1.71. The average molecular weight is 279 g/mol. The number of ether oxygens (including phenoxy) is 1. The van der Waals surface area contributed by atoms with Crippen LogP contribution in [0.4, 0.5) is 13.2 Å².